The summed E-state index contributed by atoms with van der Waals surface area (Å²) in [6, 6.07) is 0. The minimum atomic E-state index is 0.383. The van der Waals surface area contributed by atoms with Crippen molar-refractivity contribution >= 4 is 27.6 Å². The highest BCUT2D eigenvalue weighted by molar-refractivity contribution is 14.2. The maximum absolute atomic E-state index is 2.63. The van der Waals surface area contributed by atoms with Crippen molar-refractivity contribution in [3.05, 3.63) is 0 Å². The van der Waals surface area contributed by atoms with Crippen LogP contribution in [0.5, 0.6) is 0 Å². The summed E-state index contributed by atoms with van der Waals surface area (Å²) in [6.45, 7) is 4.55. The first-order chi connectivity index (χ1) is 4.31. The summed E-state index contributed by atoms with van der Waals surface area (Å²) in [5, 5.41) is 0. The van der Waals surface area contributed by atoms with Gasteiger partial charge in [0.05, 0.1) is 0 Å². The van der Waals surface area contributed by atoms with Gasteiger partial charge in [-0.2, -0.15) is 0 Å². The third kappa shape index (κ3) is 7.05. The van der Waals surface area contributed by atoms with Gasteiger partial charge in [-0.15, -0.1) is 0 Å². The molecule has 0 rings (SSSR count). The normalized spacial score (nSPS) is 13.7. The van der Waals surface area contributed by atoms with Crippen LogP contribution in [0.4, 0.5) is 0 Å². The smallest absolute Gasteiger partial charge is 0.0235 e. The van der Waals surface area contributed by atoms with Crippen molar-refractivity contribution in [1.29, 1.82) is 0 Å². The van der Waals surface area contributed by atoms with E-state index in [1.54, 1.807) is 0 Å². The Balaban J connectivity index is 2.95. The van der Waals surface area contributed by atoms with Gasteiger partial charge in [0.15, 0.2) is 0 Å². The van der Waals surface area contributed by atoms with E-state index >= 15 is 0 Å². The van der Waals surface area contributed by atoms with Crippen LogP contribution in [0, 0.1) is 0 Å². The first-order valence-electron chi connectivity index (χ1n) is 3.72. The molecule has 0 aliphatic rings. The zero-order valence-electron chi connectivity index (χ0n) is 6.36. The molecular formula is C7H16IP. The lowest BCUT2D eigenvalue weighted by atomic mass is 10.4. The monoisotopic (exact) mass is 258 g/mol. The molecule has 0 spiro atoms. The molecule has 1 atom stereocenters. The highest BCUT2D eigenvalue weighted by Crippen LogP contribution is 2.45. The van der Waals surface area contributed by atoms with Crippen LogP contribution in [-0.4, -0.2) is 12.3 Å². The summed E-state index contributed by atoms with van der Waals surface area (Å²) < 4.78 is 0. The standard InChI is InChI=1S/C7H16IP/c1-3-5-7-9(8)6-4-2/h3-7H2,1-2H3. The summed E-state index contributed by atoms with van der Waals surface area (Å²) >= 11 is 2.63. The molecule has 2 heteroatoms. The van der Waals surface area contributed by atoms with Gasteiger partial charge in [-0.1, -0.05) is 48.7 Å². The second-order valence-electron chi connectivity index (χ2n) is 2.26. The first kappa shape index (κ1) is 10.2. The Kier molecular flexibility index (Phi) is 8.21. The minimum Gasteiger partial charge on any atom is -0.0654 e. The van der Waals surface area contributed by atoms with Crippen molar-refractivity contribution in [3.63, 3.8) is 0 Å². The van der Waals surface area contributed by atoms with E-state index in [4.69, 9.17) is 0 Å². The molecule has 0 aromatic carbocycles. The molecule has 0 heterocycles. The predicted molar refractivity (Wildman–Crippen MR) is 55.9 cm³/mol. The molecule has 0 saturated heterocycles. The fourth-order valence-corrected chi connectivity index (χ4v) is 4.52. The molecule has 1 unspecified atom stereocenters. The van der Waals surface area contributed by atoms with E-state index in [1.807, 2.05) is 0 Å². The van der Waals surface area contributed by atoms with Crippen LogP contribution < -0.4 is 0 Å². The molecule has 0 bridgehead atoms. The largest absolute Gasteiger partial charge is 0.0654 e. The SMILES string of the molecule is CCCCP(I)CCC. The Morgan fingerprint density at radius 1 is 1.11 bits per heavy atom. The molecule has 0 aromatic rings. The van der Waals surface area contributed by atoms with Crippen LogP contribution in [0.3, 0.4) is 0 Å². The molecule has 0 amide bonds. The van der Waals surface area contributed by atoms with Crippen molar-refractivity contribution in [1.82, 2.24) is 0 Å². The lowest BCUT2D eigenvalue weighted by Gasteiger charge is -2.05. The van der Waals surface area contributed by atoms with Gasteiger partial charge in [-0.25, -0.2) is 0 Å². The van der Waals surface area contributed by atoms with E-state index in [0.29, 0.717) is 5.56 Å². The third-order valence-electron chi connectivity index (χ3n) is 1.22. The van der Waals surface area contributed by atoms with Crippen LogP contribution in [0.2, 0.25) is 0 Å². The number of rotatable bonds is 5. The summed E-state index contributed by atoms with van der Waals surface area (Å²) in [5.74, 6) is 0. The van der Waals surface area contributed by atoms with Gasteiger partial charge in [-0.05, 0) is 24.3 Å². The first-order valence-corrected chi connectivity index (χ1v) is 8.21. The Morgan fingerprint density at radius 2 is 1.78 bits per heavy atom. The van der Waals surface area contributed by atoms with Gasteiger partial charge in [0.25, 0.3) is 0 Å². The molecular weight excluding hydrogens is 242 g/mol. The molecule has 0 saturated carbocycles. The number of hydrogen-bond acceptors (Lipinski definition) is 0. The van der Waals surface area contributed by atoms with E-state index in [9.17, 15) is 0 Å². The molecule has 9 heavy (non-hydrogen) atoms. The van der Waals surface area contributed by atoms with Crippen LogP contribution in [0.25, 0.3) is 0 Å². The summed E-state index contributed by atoms with van der Waals surface area (Å²) in [6.07, 6.45) is 7.13. The van der Waals surface area contributed by atoms with Crippen LogP contribution >= 0.6 is 27.6 Å². The van der Waals surface area contributed by atoms with Crippen LogP contribution in [-0.2, 0) is 0 Å². The molecule has 0 aliphatic heterocycles. The van der Waals surface area contributed by atoms with Crippen molar-refractivity contribution < 1.29 is 0 Å². The Labute approximate surface area is 73.0 Å². The minimum absolute atomic E-state index is 0.383. The molecule has 0 N–H and O–H groups in total. The number of unbranched alkanes of at least 4 members (excludes halogenated alkanes) is 1. The summed E-state index contributed by atoms with van der Waals surface area (Å²) in [7, 11) is 0. The van der Waals surface area contributed by atoms with Gasteiger partial charge in [0.1, 0.15) is 0 Å². The molecule has 56 valence electrons. The van der Waals surface area contributed by atoms with Crippen molar-refractivity contribution in [2.24, 2.45) is 0 Å². The number of hydrogen-bond donors (Lipinski definition) is 0. The highest BCUT2D eigenvalue weighted by atomic mass is 127. The Bertz CT molecular complexity index is 56.9. The summed E-state index contributed by atoms with van der Waals surface area (Å²) in [5.41, 5.74) is 0.383. The highest BCUT2D eigenvalue weighted by Gasteiger charge is 1.98. The van der Waals surface area contributed by atoms with Crippen LogP contribution in [0.15, 0.2) is 0 Å². The van der Waals surface area contributed by atoms with E-state index in [2.05, 4.69) is 35.9 Å². The number of halogens is 1. The summed E-state index contributed by atoms with van der Waals surface area (Å²) in [4.78, 5) is 0. The van der Waals surface area contributed by atoms with Gasteiger partial charge in [0.2, 0.25) is 0 Å². The second-order valence-corrected chi connectivity index (χ2v) is 8.18. The quantitative estimate of drug-likeness (QED) is 0.516. The fourth-order valence-electron chi connectivity index (χ4n) is 0.684. The van der Waals surface area contributed by atoms with E-state index in [1.165, 1.54) is 31.6 Å². The molecule has 0 aromatic heterocycles. The van der Waals surface area contributed by atoms with Gasteiger partial charge >= 0.3 is 0 Å². The topological polar surface area (TPSA) is 0 Å². The Hall–Kier alpha value is 1.16. The van der Waals surface area contributed by atoms with Crippen molar-refractivity contribution in [3.8, 4) is 0 Å². The van der Waals surface area contributed by atoms with Gasteiger partial charge in [0, 0.05) is 0 Å². The van der Waals surface area contributed by atoms with E-state index < -0.39 is 0 Å². The van der Waals surface area contributed by atoms with Crippen LogP contribution in [0.1, 0.15) is 33.1 Å². The van der Waals surface area contributed by atoms with Crippen molar-refractivity contribution in [2.45, 2.75) is 33.1 Å². The van der Waals surface area contributed by atoms with Crippen molar-refractivity contribution in [2.75, 3.05) is 12.3 Å². The average Bonchev–Trinajstić information content (AvgIpc) is 1.85. The average molecular weight is 258 g/mol. The lowest BCUT2D eigenvalue weighted by molar-refractivity contribution is 0.891. The molecule has 0 fully saturated rings. The van der Waals surface area contributed by atoms with Gasteiger partial charge < -0.3 is 0 Å². The Morgan fingerprint density at radius 3 is 2.22 bits per heavy atom. The van der Waals surface area contributed by atoms with Gasteiger partial charge in [-0.3, -0.25) is 0 Å². The van der Waals surface area contributed by atoms with E-state index in [-0.39, 0.29) is 0 Å². The maximum Gasteiger partial charge on any atom is -0.0235 e. The second kappa shape index (κ2) is 7.27. The zero-order chi connectivity index (χ0) is 7.11. The molecule has 0 radical (unpaired) electrons. The lowest BCUT2D eigenvalue weighted by Crippen LogP contribution is -1.81. The zero-order valence-corrected chi connectivity index (χ0v) is 9.41. The molecule has 0 nitrogen and oxygen atoms in total. The maximum atomic E-state index is 2.63. The predicted octanol–water partition coefficient (Wildman–Crippen LogP) is 4.03. The third-order valence-corrected chi connectivity index (χ3v) is 5.85. The fraction of sp³-hybridized carbons (Fsp3) is 1.00. The molecule has 0 aliphatic carbocycles. The van der Waals surface area contributed by atoms with E-state index in [0.717, 1.165) is 0 Å².